The van der Waals surface area contributed by atoms with Crippen LogP contribution < -0.4 is 0 Å². The molecular weight excluding hydrogens is 294 g/mol. The average Bonchev–Trinajstić information content (AvgIpc) is 2.49. The second-order valence-electron chi connectivity index (χ2n) is 7.93. The molecule has 4 aliphatic rings. The highest BCUT2D eigenvalue weighted by Crippen LogP contribution is 2.67. The third-order valence-electron chi connectivity index (χ3n) is 6.26. The molecule has 5 nitrogen and oxygen atoms in total. The maximum absolute atomic E-state index is 12.4. The number of hydrogen-bond donors (Lipinski definition) is 1. The van der Waals surface area contributed by atoms with Crippen molar-refractivity contribution in [1.82, 2.24) is 0 Å². The summed E-state index contributed by atoms with van der Waals surface area (Å²) in [5.74, 6) is -0.150. The molecule has 1 N–H and O–H groups in total. The molecule has 23 heavy (non-hydrogen) atoms. The van der Waals surface area contributed by atoms with Crippen molar-refractivity contribution >= 4 is 11.9 Å². The summed E-state index contributed by atoms with van der Waals surface area (Å²) in [6.07, 6.45) is 6.15. The van der Waals surface area contributed by atoms with Crippen LogP contribution in [0.4, 0.5) is 0 Å². The van der Waals surface area contributed by atoms with Crippen LogP contribution in [-0.4, -0.2) is 24.2 Å². The Bertz CT molecular complexity index is 613. The number of nitriles is 1. The van der Waals surface area contributed by atoms with Crippen molar-refractivity contribution in [2.45, 2.75) is 51.9 Å². The molecule has 0 aliphatic heterocycles. The highest BCUT2D eigenvalue weighted by Gasteiger charge is 2.61. The van der Waals surface area contributed by atoms with Crippen LogP contribution >= 0.6 is 0 Å². The van der Waals surface area contributed by atoms with Gasteiger partial charge in [-0.3, -0.25) is 4.79 Å². The SMILES string of the molecule is COC(=O)C12CC3CC(CC(CC(C#N)=C(C)C(=O)O)(C3)C1)C2. The second kappa shape index (κ2) is 5.36. The second-order valence-corrected chi connectivity index (χ2v) is 7.93. The summed E-state index contributed by atoms with van der Waals surface area (Å²) < 4.78 is 5.09. The third kappa shape index (κ3) is 2.54. The molecule has 0 amide bonds. The summed E-state index contributed by atoms with van der Waals surface area (Å²) in [5, 5.41) is 18.6. The number of carboxylic acid groups (broad SMARTS) is 1. The normalized spacial score (nSPS) is 38.7. The Morgan fingerprint density at radius 2 is 1.87 bits per heavy atom. The fourth-order valence-electron chi connectivity index (χ4n) is 5.87. The van der Waals surface area contributed by atoms with E-state index >= 15 is 0 Å². The first-order chi connectivity index (χ1) is 10.8. The minimum Gasteiger partial charge on any atom is -0.478 e. The predicted octanol–water partition coefficient (Wildman–Crippen LogP) is 3.06. The number of allylic oxidation sites excluding steroid dienone is 1. The molecule has 4 bridgehead atoms. The molecule has 124 valence electrons. The molecule has 4 saturated carbocycles. The minimum absolute atomic E-state index is 0.111. The van der Waals surface area contributed by atoms with Crippen molar-refractivity contribution in [2.75, 3.05) is 7.11 Å². The summed E-state index contributed by atoms with van der Waals surface area (Å²) >= 11 is 0. The Morgan fingerprint density at radius 1 is 1.26 bits per heavy atom. The van der Waals surface area contributed by atoms with Crippen LogP contribution in [0.5, 0.6) is 0 Å². The van der Waals surface area contributed by atoms with Gasteiger partial charge in [0.05, 0.1) is 18.6 Å². The van der Waals surface area contributed by atoms with E-state index in [0.29, 0.717) is 23.8 Å². The number of methoxy groups -OCH3 is 1. The number of carbonyl (C=O) groups is 2. The van der Waals surface area contributed by atoms with Crippen LogP contribution in [0.15, 0.2) is 11.1 Å². The molecule has 4 rings (SSSR count). The van der Waals surface area contributed by atoms with Crippen LogP contribution in [0.25, 0.3) is 0 Å². The van der Waals surface area contributed by atoms with E-state index in [9.17, 15) is 20.0 Å². The van der Waals surface area contributed by atoms with Crippen molar-refractivity contribution in [1.29, 1.82) is 5.26 Å². The lowest BCUT2D eigenvalue weighted by Crippen LogP contribution is -2.55. The largest absolute Gasteiger partial charge is 0.478 e. The van der Waals surface area contributed by atoms with Gasteiger partial charge < -0.3 is 9.84 Å². The van der Waals surface area contributed by atoms with E-state index in [1.165, 1.54) is 14.0 Å². The first-order valence-corrected chi connectivity index (χ1v) is 8.25. The first kappa shape index (κ1) is 16.0. The summed E-state index contributed by atoms with van der Waals surface area (Å²) in [7, 11) is 1.45. The number of rotatable bonds is 4. The number of carbonyl (C=O) groups excluding carboxylic acids is 1. The third-order valence-corrected chi connectivity index (χ3v) is 6.26. The monoisotopic (exact) mass is 317 g/mol. The predicted molar refractivity (Wildman–Crippen MR) is 82.1 cm³/mol. The van der Waals surface area contributed by atoms with Gasteiger partial charge in [-0.15, -0.1) is 0 Å². The van der Waals surface area contributed by atoms with E-state index in [2.05, 4.69) is 6.07 Å². The quantitative estimate of drug-likeness (QED) is 0.489. The number of hydrogen-bond acceptors (Lipinski definition) is 4. The van der Waals surface area contributed by atoms with Crippen molar-refractivity contribution in [3.63, 3.8) is 0 Å². The van der Waals surface area contributed by atoms with Crippen molar-refractivity contribution in [2.24, 2.45) is 22.7 Å². The molecule has 0 aromatic rings. The van der Waals surface area contributed by atoms with Gasteiger partial charge in [-0.2, -0.15) is 5.26 Å². The first-order valence-electron chi connectivity index (χ1n) is 8.25. The van der Waals surface area contributed by atoms with Crippen molar-refractivity contribution < 1.29 is 19.4 Å². The molecule has 5 heteroatoms. The molecule has 0 radical (unpaired) electrons. The number of ether oxygens (including phenoxy) is 1. The molecule has 0 spiro atoms. The number of esters is 1. The molecule has 0 aromatic heterocycles. The maximum atomic E-state index is 12.4. The lowest BCUT2D eigenvalue weighted by atomic mass is 9.43. The Balaban J connectivity index is 1.94. The van der Waals surface area contributed by atoms with Crippen LogP contribution in [0, 0.1) is 34.0 Å². The highest BCUT2D eigenvalue weighted by molar-refractivity contribution is 5.87. The van der Waals surface area contributed by atoms with Crippen LogP contribution in [0.3, 0.4) is 0 Å². The zero-order valence-electron chi connectivity index (χ0n) is 13.7. The van der Waals surface area contributed by atoms with E-state index in [4.69, 9.17) is 4.74 Å². The van der Waals surface area contributed by atoms with E-state index in [-0.39, 0.29) is 17.0 Å². The molecule has 2 unspecified atom stereocenters. The summed E-state index contributed by atoms with van der Waals surface area (Å²) in [4.78, 5) is 23.6. The molecule has 0 heterocycles. The molecular formula is C18H23NO4. The van der Waals surface area contributed by atoms with Gasteiger partial charge in [-0.25, -0.2) is 4.79 Å². The molecule has 0 aromatic carbocycles. The fraction of sp³-hybridized carbons (Fsp3) is 0.722. The van der Waals surface area contributed by atoms with E-state index in [0.717, 1.165) is 38.5 Å². The Labute approximate surface area is 136 Å². The smallest absolute Gasteiger partial charge is 0.332 e. The lowest BCUT2D eigenvalue weighted by Gasteiger charge is -2.61. The Kier molecular flexibility index (Phi) is 3.74. The zero-order valence-corrected chi connectivity index (χ0v) is 13.7. The molecule has 4 aliphatic carbocycles. The standard InChI is InChI=1S/C18H23NO4/c1-11(15(20)21)14(9-19)8-17-4-12-3-13(5-17)7-18(6-12,10-17)16(22)23-2/h12-13H,3-8,10H2,1-2H3,(H,20,21). The maximum Gasteiger partial charge on any atom is 0.332 e. The van der Waals surface area contributed by atoms with Crippen LogP contribution in [0.1, 0.15) is 51.9 Å². The average molecular weight is 317 g/mol. The fourth-order valence-corrected chi connectivity index (χ4v) is 5.87. The van der Waals surface area contributed by atoms with Crippen molar-refractivity contribution in [3.8, 4) is 6.07 Å². The van der Waals surface area contributed by atoms with Gasteiger partial charge in [0.1, 0.15) is 0 Å². The zero-order chi connectivity index (χ0) is 16.8. The number of carboxylic acids is 1. The van der Waals surface area contributed by atoms with Gasteiger partial charge in [-0.1, -0.05) is 0 Å². The summed E-state index contributed by atoms with van der Waals surface area (Å²) in [6, 6.07) is 2.10. The number of nitrogens with zero attached hydrogens (tertiary/aromatic N) is 1. The van der Waals surface area contributed by atoms with E-state index in [1.54, 1.807) is 0 Å². The van der Waals surface area contributed by atoms with Crippen molar-refractivity contribution in [3.05, 3.63) is 11.1 Å². The topological polar surface area (TPSA) is 87.4 Å². The summed E-state index contributed by atoms with van der Waals surface area (Å²) in [5.41, 5.74) is -0.0221. The van der Waals surface area contributed by atoms with Gasteiger partial charge in [0.2, 0.25) is 0 Å². The highest BCUT2D eigenvalue weighted by atomic mass is 16.5. The van der Waals surface area contributed by atoms with E-state index in [1.807, 2.05) is 0 Å². The number of aliphatic carboxylic acids is 1. The van der Waals surface area contributed by atoms with Gasteiger partial charge in [0.15, 0.2) is 0 Å². The Hall–Kier alpha value is -1.83. The molecule has 0 saturated heterocycles. The molecule has 4 fully saturated rings. The summed E-state index contributed by atoms with van der Waals surface area (Å²) in [6.45, 7) is 1.50. The lowest BCUT2D eigenvalue weighted by molar-refractivity contribution is -0.178. The minimum atomic E-state index is -1.03. The molecule has 2 atom stereocenters. The van der Waals surface area contributed by atoms with Gasteiger partial charge in [-0.05, 0) is 69.1 Å². The Morgan fingerprint density at radius 3 is 2.35 bits per heavy atom. The van der Waals surface area contributed by atoms with Gasteiger partial charge in [0.25, 0.3) is 0 Å². The van der Waals surface area contributed by atoms with Crippen LogP contribution in [-0.2, 0) is 14.3 Å². The van der Waals surface area contributed by atoms with E-state index < -0.39 is 11.4 Å². The van der Waals surface area contributed by atoms with Gasteiger partial charge >= 0.3 is 11.9 Å². The van der Waals surface area contributed by atoms with Gasteiger partial charge in [0, 0.05) is 11.1 Å². The van der Waals surface area contributed by atoms with Crippen LogP contribution in [0.2, 0.25) is 0 Å².